The van der Waals surface area contributed by atoms with Gasteiger partial charge in [0.1, 0.15) is 11.9 Å². The van der Waals surface area contributed by atoms with E-state index in [4.69, 9.17) is 5.11 Å². The van der Waals surface area contributed by atoms with Crippen LogP contribution >= 0.6 is 0 Å². The number of aromatic nitrogens is 2. The van der Waals surface area contributed by atoms with Crippen molar-refractivity contribution in [2.75, 3.05) is 0 Å². The van der Waals surface area contributed by atoms with Gasteiger partial charge in [0.2, 0.25) is 0 Å². The first kappa shape index (κ1) is 14.3. The van der Waals surface area contributed by atoms with Gasteiger partial charge < -0.3 is 10.1 Å². The van der Waals surface area contributed by atoms with E-state index in [0.717, 1.165) is 17.1 Å². The van der Waals surface area contributed by atoms with Crippen molar-refractivity contribution in [1.82, 2.24) is 15.3 Å². The quantitative estimate of drug-likeness (QED) is 0.754. The van der Waals surface area contributed by atoms with E-state index in [0.29, 0.717) is 6.54 Å². The molecule has 0 saturated heterocycles. The normalized spacial score (nSPS) is 12.6. The smallest absolute Gasteiger partial charge is 0.320 e. The number of benzene rings is 1. The van der Waals surface area contributed by atoms with Crippen molar-refractivity contribution in [3.63, 3.8) is 0 Å². The molecule has 1 aromatic heterocycles. The number of H-pyrrole nitrogens is 1. The summed E-state index contributed by atoms with van der Waals surface area (Å²) in [6, 6.07) is 9.26. The van der Waals surface area contributed by atoms with Crippen molar-refractivity contribution in [3.05, 3.63) is 42.2 Å². The Kier molecular flexibility index (Phi) is 4.53. The molecule has 1 heterocycles. The lowest BCUT2D eigenvalue weighted by atomic mass is 10.1. The van der Waals surface area contributed by atoms with Gasteiger partial charge in [-0.3, -0.25) is 10.1 Å². The number of aromatic amines is 1. The molecule has 2 rings (SSSR count). The molecule has 2 aromatic rings. The predicted octanol–water partition coefficient (Wildman–Crippen LogP) is 2.28. The molecule has 20 heavy (non-hydrogen) atoms. The van der Waals surface area contributed by atoms with E-state index >= 15 is 0 Å². The molecule has 0 aliphatic heterocycles. The van der Waals surface area contributed by atoms with Crippen LogP contribution in [0, 0.1) is 5.92 Å². The van der Waals surface area contributed by atoms with Crippen molar-refractivity contribution in [1.29, 1.82) is 0 Å². The van der Waals surface area contributed by atoms with Gasteiger partial charge in [-0.1, -0.05) is 44.2 Å². The lowest BCUT2D eigenvalue weighted by Crippen LogP contribution is -2.40. The Labute approximate surface area is 118 Å². The first-order valence-electron chi connectivity index (χ1n) is 6.63. The topological polar surface area (TPSA) is 78.0 Å². The van der Waals surface area contributed by atoms with E-state index in [-0.39, 0.29) is 5.92 Å². The zero-order valence-electron chi connectivity index (χ0n) is 11.6. The first-order chi connectivity index (χ1) is 9.58. The fourth-order valence-electron chi connectivity index (χ4n) is 2.02. The van der Waals surface area contributed by atoms with Gasteiger partial charge in [-0.05, 0) is 5.92 Å². The van der Waals surface area contributed by atoms with E-state index in [9.17, 15) is 4.79 Å². The summed E-state index contributed by atoms with van der Waals surface area (Å²) in [4.78, 5) is 18.6. The highest BCUT2D eigenvalue weighted by atomic mass is 16.4. The Bertz CT molecular complexity index is 564. The lowest BCUT2D eigenvalue weighted by Gasteiger charge is -2.17. The van der Waals surface area contributed by atoms with Crippen LogP contribution in [0.2, 0.25) is 0 Å². The molecule has 0 spiro atoms. The molecule has 0 aliphatic rings. The largest absolute Gasteiger partial charge is 0.480 e. The van der Waals surface area contributed by atoms with Crippen molar-refractivity contribution in [2.24, 2.45) is 5.92 Å². The van der Waals surface area contributed by atoms with Crippen LogP contribution in [-0.4, -0.2) is 27.1 Å². The molecule has 0 aliphatic carbocycles. The standard InChI is InChI=1S/C15H19N3O2/c1-10(2)13(15(19)20)16-8-12-9-17-14(18-12)11-6-4-3-5-7-11/h3-7,9-10,13,16H,8H2,1-2H3,(H,17,18)(H,19,20)/t13-/m1/s1. The Balaban J connectivity index is 2.02. The van der Waals surface area contributed by atoms with E-state index < -0.39 is 12.0 Å². The maximum absolute atomic E-state index is 11.1. The van der Waals surface area contributed by atoms with E-state index in [1.165, 1.54) is 0 Å². The molecule has 1 aromatic carbocycles. The Morgan fingerprint density at radius 1 is 1.35 bits per heavy atom. The number of rotatable bonds is 6. The van der Waals surface area contributed by atoms with Crippen LogP contribution in [0.25, 0.3) is 11.4 Å². The molecule has 0 fully saturated rings. The summed E-state index contributed by atoms with van der Waals surface area (Å²) in [7, 11) is 0. The second-order valence-electron chi connectivity index (χ2n) is 5.06. The van der Waals surface area contributed by atoms with Crippen molar-refractivity contribution >= 4 is 5.97 Å². The molecule has 1 atom stereocenters. The first-order valence-corrected chi connectivity index (χ1v) is 6.63. The third kappa shape index (κ3) is 3.45. The number of hydrogen-bond donors (Lipinski definition) is 3. The van der Waals surface area contributed by atoms with Crippen LogP contribution in [0.3, 0.4) is 0 Å². The highest BCUT2D eigenvalue weighted by Gasteiger charge is 2.20. The van der Waals surface area contributed by atoms with Crippen LogP contribution in [0.1, 0.15) is 19.5 Å². The number of aliphatic carboxylic acids is 1. The Morgan fingerprint density at radius 2 is 2.05 bits per heavy atom. The molecule has 5 heteroatoms. The number of carbonyl (C=O) groups is 1. The molecule has 106 valence electrons. The highest BCUT2D eigenvalue weighted by Crippen LogP contribution is 2.14. The summed E-state index contributed by atoms with van der Waals surface area (Å²) in [5.41, 5.74) is 1.88. The van der Waals surface area contributed by atoms with E-state index in [1.807, 2.05) is 44.2 Å². The maximum Gasteiger partial charge on any atom is 0.320 e. The molecule has 0 saturated carbocycles. The fourth-order valence-corrected chi connectivity index (χ4v) is 2.02. The molecular weight excluding hydrogens is 254 g/mol. The number of hydrogen-bond acceptors (Lipinski definition) is 3. The lowest BCUT2D eigenvalue weighted by molar-refractivity contribution is -0.140. The molecule has 0 unspecified atom stereocenters. The number of carboxylic acids is 1. The third-order valence-corrected chi connectivity index (χ3v) is 3.12. The van der Waals surface area contributed by atoms with Gasteiger partial charge in [0.15, 0.2) is 0 Å². The Morgan fingerprint density at radius 3 is 2.65 bits per heavy atom. The van der Waals surface area contributed by atoms with Crippen molar-refractivity contribution in [3.8, 4) is 11.4 Å². The molecule has 0 bridgehead atoms. The fraction of sp³-hybridized carbons (Fsp3) is 0.333. The number of imidazole rings is 1. The SMILES string of the molecule is CC(C)[C@@H](NCc1cnc(-c2ccccc2)[nH]1)C(=O)O. The van der Waals surface area contributed by atoms with Crippen LogP contribution in [0.15, 0.2) is 36.5 Å². The monoisotopic (exact) mass is 273 g/mol. The van der Waals surface area contributed by atoms with Gasteiger partial charge in [0, 0.05) is 24.0 Å². The van der Waals surface area contributed by atoms with Crippen LogP contribution in [0.4, 0.5) is 0 Å². The predicted molar refractivity (Wildman–Crippen MR) is 77.1 cm³/mol. The number of carboxylic acid groups (broad SMARTS) is 1. The highest BCUT2D eigenvalue weighted by molar-refractivity contribution is 5.73. The van der Waals surface area contributed by atoms with Crippen LogP contribution in [-0.2, 0) is 11.3 Å². The minimum atomic E-state index is -0.831. The average Bonchev–Trinajstić information content (AvgIpc) is 2.88. The molecule has 0 radical (unpaired) electrons. The van der Waals surface area contributed by atoms with Gasteiger partial charge in [0.05, 0.1) is 0 Å². The second kappa shape index (κ2) is 6.34. The summed E-state index contributed by atoms with van der Waals surface area (Å²) in [6.45, 7) is 4.22. The molecule has 0 amide bonds. The molecular formula is C15H19N3O2. The third-order valence-electron chi connectivity index (χ3n) is 3.12. The van der Waals surface area contributed by atoms with Gasteiger partial charge in [-0.2, -0.15) is 0 Å². The number of nitrogens with one attached hydrogen (secondary N) is 2. The maximum atomic E-state index is 11.1. The minimum Gasteiger partial charge on any atom is -0.480 e. The average molecular weight is 273 g/mol. The van der Waals surface area contributed by atoms with E-state index in [1.54, 1.807) is 6.20 Å². The van der Waals surface area contributed by atoms with Crippen LogP contribution < -0.4 is 5.32 Å². The summed E-state index contributed by atoms with van der Waals surface area (Å²) in [5, 5.41) is 12.1. The van der Waals surface area contributed by atoms with Gasteiger partial charge in [-0.25, -0.2) is 4.98 Å². The van der Waals surface area contributed by atoms with Crippen LogP contribution in [0.5, 0.6) is 0 Å². The summed E-state index contributed by atoms with van der Waals surface area (Å²) < 4.78 is 0. The zero-order chi connectivity index (χ0) is 14.5. The van der Waals surface area contributed by atoms with E-state index in [2.05, 4.69) is 15.3 Å². The zero-order valence-corrected chi connectivity index (χ0v) is 11.6. The summed E-state index contributed by atoms with van der Waals surface area (Å²) in [5.74, 6) is -0.00867. The minimum absolute atomic E-state index is 0.0315. The second-order valence-corrected chi connectivity index (χ2v) is 5.06. The Hall–Kier alpha value is -2.14. The molecule has 5 nitrogen and oxygen atoms in total. The summed E-state index contributed by atoms with van der Waals surface area (Å²) in [6.07, 6.45) is 1.73. The van der Waals surface area contributed by atoms with Crippen molar-refractivity contribution < 1.29 is 9.90 Å². The number of nitrogens with zero attached hydrogens (tertiary/aromatic N) is 1. The summed E-state index contributed by atoms with van der Waals surface area (Å²) >= 11 is 0. The van der Waals surface area contributed by atoms with Gasteiger partial charge >= 0.3 is 5.97 Å². The molecule has 3 N–H and O–H groups in total. The van der Waals surface area contributed by atoms with Gasteiger partial charge in [-0.15, -0.1) is 0 Å². The van der Waals surface area contributed by atoms with Crippen molar-refractivity contribution in [2.45, 2.75) is 26.4 Å². The van der Waals surface area contributed by atoms with Gasteiger partial charge in [0.25, 0.3) is 0 Å².